The molecule has 1 aliphatic heterocycles. The Labute approximate surface area is 194 Å². The summed E-state index contributed by atoms with van der Waals surface area (Å²) in [5.74, 6) is 2.13. The van der Waals surface area contributed by atoms with Crippen molar-refractivity contribution in [3.8, 4) is 5.75 Å². The highest BCUT2D eigenvalue weighted by atomic mass is 16.5. The molecule has 5 nitrogen and oxygen atoms in total. The molecule has 168 valence electrons. The maximum Gasteiger partial charge on any atom is 0.227 e. The number of aromatic nitrogens is 2. The number of hydrogen-bond acceptors (Lipinski definition) is 3. The Bertz CT molecular complexity index is 1290. The lowest BCUT2D eigenvalue weighted by Gasteiger charge is -2.18. The van der Waals surface area contributed by atoms with E-state index in [1.807, 2.05) is 47.4 Å². The number of amides is 1. The van der Waals surface area contributed by atoms with Crippen molar-refractivity contribution in [1.82, 2.24) is 9.55 Å². The minimum Gasteiger partial charge on any atom is -0.494 e. The molecule has 2 heterocycles. The average molecular weight is 440 g/mol. The van der Waals surface area contributed by atoms with E-state index < -0.39 is 0 Å². The molecule has 1 aromatic heterocycles. The molecule has 0 aliphatic carbocycles. The Morgan fingerprint density at radius 1 is 0.970 bits per heavy atom. The van der Waals surface area contributed by atoms with Crippen LogP contribution in [0.25, 0.3) is 11.0 Å². The number of rotatable bonds is 7. The average Bonchev–Trinajstić information content (AvgIpc) is 3.37. The summed E-state index contributed by atoms with van der Waals surface area (Å²) in [6, 6.07) is 24.5. The van der Waals surface area contributed by atoms with E-state index in [-0.39, 0.29) is 11.8 Å². The number of para-hydroxylation sites is 2. The normalized spacial score (nSPS) is 16.0. The monoisotopic (exact) mass is 439 g/mol. The van der Waals surface area contributed by atoms with Crippen LogP contribution in [0.4, 0.5) is 5.69 Å². The van der Waals surface area contributed by atoms with Gasteiger partial charge >= 0.3 is 0 Å². The van der Waals surface area contributed by atoms with Gasteiger partial charge in [0, 0.05) is 31.1 Å². The van der Waals surface area contributed by atoms with Crippen LogP contribution in [0.3, 0.4) is 0 Å². The molecule has 5 rings (SSSR count). The number of aryl methyl sites for hydroxylation is 3. The van der Waals surface area contributed by atoms with Crippen LogP contribution >= 0.6 is 0 Å². The van der Waals surface area contributed by atoms with Gasteiger partial charge in [-0.3, -0.25) is 4.79 Å². The summed E-state index contributed by atoms with van der Waals surface area (Å²) in [5.41, 5.74) is 5.42. The molecule has 1 aliphatic rings. The van der Waals surface area contributed by atoms with Crippen LogP contribution in [0.15, 0.2) is 72.8 Å². The Hall–Kier alpha value is -3.60. The van der Waals surface area contributed by atoms with Crippen molar-refractivity contribution in [2.24, 2.45) is 0 Å². The lowest BCUT2D eigenvalue weighted by Crippen LogP contribution is -2.24. The zero-order chi connectivity index (χ0) is 22.8. The van der Waals surface area contributed by atoms with Crippen molar-refractivity contribution in [2.75, 3.05) is 18.1 Å². The first-order valence-corrected chi connectivity index (χ1v) is 11.6. The number of imidazole rings is 1. The van der Waals surface area contributed by atoms with Gasteiger partial charge in [-0.1, -0.05) is 36.4 Å². The number of carbonyl (C=O) groups excluding carboxylic acids is 1. The van der Waals surface area contributed by atoms with Gasteiger partial charge in [0.05, 0.1) is 17.6 Å². The van der Waals surface area contributed by atoms with Gasteiger partial charge in [-0.15, -0.1) is 0 Å². The molecule has 4 aromatic rings. The molecule has 3 aromatic carbocycles. The minimum absolute atomic E-state index is 0.0723. The third-order valence-corrected chi connectivity index (χ3v) is 6.27. The highest BCUT2D eigenvalue weighted by molar-refractivity contribution is 5.96. The van der Waals surface area contributed by atoms with Gasteiger partial charge in [0.25, 0.3) is 0 Å². The molecule has 0 unspecified atom stereocenters. The molecular formula is C28H29N3O2. The SMILES string of the molecule is Cc1cccc(OCCCn2c([C@H]3CC(=O)N(c4cccc(C)c4)C3)nc3ccccc32)c1. The number of anilines is 1. The number of nitrogens with zero attached hydrogens (tertiary/aromatic N) is 3. The first-order valence-electron chi connectivity index (χ1n) is 11.6. The molecule has 5 heteroatoms. The number of benzene rings is 3. The largest absolute Gasteiger partial charge is 0.494 e. The standard InChI is InChI=1S/C28H29N3O2/c1-20-8-5-10-23(16-20)31-19-22(18-27(31)32)28-29-25-12-3-4-13-26(25)30(28)14-7-15-33-24-11-6-9-21(2)17-24/h3-6,8-13,16-17,22H,7,14-15,18-19H2,1-2H3/t22-/m0/s1. The fraction of sp³-hybridized carbons (Fsp3) is 0.286. The van der Waals surface area contributed by atoms with E-state index in [2.05, 4.69) is 48.7 Å². The first-order chi connectivity index (χ1) is 16.1. The lowest BCUT2D eigenvalue weighted by atomic mass is 10.1. The van der Waals surface area contributed by atoms with E-state index >= 15 is 0 Å². The van der Waals surface area contributed by atoms with Crippen molar-refractivity contribution in [1.29, 1.82) is 0 Å². The highest BCUT2D eigenvalue weighted by Gasteiger charge is 2.34. The van der Waals surface area contributed by atoms with Crippen molar-refractivity contribution in [2.45, 2.75) is 39.2 Å². The first kappa shape index (κ1) is 21.3. The van der Waals surface area contributed by atoms with Crippen molar-refractivity contribution in [3.63, 3.8) is 0 Å². The van der Waals surface area contributed by atoms with Crippen LogP contribution in [0.1, 0.15) is 35.7 Å². The molecule has 0 bridgehead atoms. The zero-order valence-electron chi connectivity index (χ0n) is 19.2. The molecule has 1 amide bonds. The fourth-order valence-corrected chi connectivity index (χ4v) is 4.68. The predicted molar refractivity (Wildman–Crippen MR) is 132 cm³/mol. The Kier molecular flexibility index (Phi) is 5.86. The van der Waals surface area contributed by atoms with Gasteiger partial charge in [0.1, 0.15) is 11.6 Å². The summed E-state index contributed by atoms with van der Waals surface area (Å²) in [6.45, 7) is 6.22. The smallest absolute Gasteiger partial charge is 0.227 e. The molecule has 0 saturated carbocycles. The van der Waals surface area contributed by atoms with Crippen molar-refractivity contribution < 1.29 is 9.53 Å². The van der Waals surface area contributed by atoms with Gasteiger partial charge < -0.3 is 14.2 Å². The summed E-state index contributed by atoms with van der Waals surface area (Å²) in [4.78, 5) is 19.8. The van der Waals surface area contributed by atoms with E-state index in [4.69, 9.17) is 9.72 Å². The van der Waals surface area contributed by atoms with Gasteiger partial charge in [-0.2, -0.15) is 0 Å². The number of fused-ring (bicyclic) bond motifs is 1. The quantitative estimate of drug-likeness (QED) is 0.350. The van der Waals surface area contributed by atoms with Crippen LogP contribution in [-0.4, -0.2) is 28.6 Å². The van der Waals surface area contributed by atoms with Gasteiger partial charge in [-0.05, 0) is 67.8 Å². The maximum absolute atomic E-state index is 12.9. The van der Waals surface area contributed by atoms with Gasteiger partial charge in [-0.25, -0.2) is 4.98 Å². The van der Waals surface area contributed by atoms with Crippen LogP contribution in [-0.2, 0) is 11.3 Å². The van der Waals surface area contributed by atoms with Crippen molar-refractivity contribution in [3.05, 3.63) is 89.7 Å². The maximum atomic E-state index is 12.9. The summed E-state index contributed by atoms with van der Waals surface area (Å²) in [5, 5.41) is 0. The zero-order valence-corrected chi connectivity index (χ0v) is 19.2. The molecule has 0 N–H and O–H groups in total. The van der Waals surface area contributed by atoms with E-state index in [0.717, 1.165) is 46.8 Å². The summed E-state index contributed by atoms with van der Waals surface area (Å²) < 4.78 is 8.25. The predicted octanol–water partition coefficient (Wildman–Crippen LogP) is 5.64. The fourth-order valence-electron chi connectivity index (χ4n) is 4.68. The second kappa shape index (κ2) is 9.10. The van der Waals surface area contributed by atoms with E-state index in [0.29, 0.717) is 19.6 Å². The molecule has 0 spiro atoms. The van der Waals surface area contributed by atoms with Crippen LogP contribution in [0, 0.1) is 13.8 Å². The summed E-state index contributed by atoms with van der Waals surface area (Å²) in [6.07, 6.45) is 1.35. The Morgan fingerprint density at radius 3 is 2.58 bits per heavy atom. The third kappa shape index (κ3) is 4.49. The molecule has 0 radical (unpaired) electrons. The topological polar surface area (TPSA) is 47.4 Å². The number of carbonyl (C=O) groups is 1. The van der Waals surface area contributed by atoms with Gasteiger partial charge in [0.2, 0.25) is 5.91 Å². The van der Waals surface area contributed by atoms with E-state index in [1.165, 1.54) is 5.56 Å². The molecule has 1 fully saturated rings. The molecule has 1 saturated heterocycles. The van der Waals surface area contributed by atoms with Crippen molar-refractivity contribution >= 4 is 22.6 Å². The Morgan fingerprint density at radius 2 is 1.76 bits per heavy atom. The molecule has 33 heavy (non-hydrogen) atoms. The highest BCUT2D eigenvalue weighted by Crippen LogP contribution is 2.33. The number of hydrogen-bond donors (Lipinski definition) is 0. The summed E-state index contributed by atoms with van der Waals surface area (Å²) in [7, 11) is 0. The number of ether oxygens (including phenoxy) is 1. The van der Waals surface area contributed by atoms with Crippen LogP contribution < -0.4 is 9.64 Å². The second-order valence-corrected chi connectivity index (χ2v) is 8.87. The van der Waals surface area contributed by atoms with E-state index in [1.54, 1.807) is 0 Å². The van der Waals surface area contributed by atoms with Crippen LogP contribution in [0.2, 0.25) is 0 Å². The van der Waals surface area contributed by atoms with Crippen LogP contribution in [0.5, 0.6) is 5.75 Å². The summed E-state index contributed by atoms with van der Waals surface area (Å²) >= 11 is 0. The third-order valence-electron chi connectivity index (χ3n) is 6.27. The molecular weight excluding hydrogens is 410 g/mol. The van der Waals surface area contributed by atoms with E-state index in [9.17, 15) is 4.79 Å². The van der Waals surface area contributed by atoms with Gasteiger partial charge in [0.15, 0.2) is 0 Å². The second-order valence-electron chi connectivity index (χ2n) is 8.87. The Balaban J connectivity index is 1.35. The molecule has 1 atom stereocenters. The minimum atomic E-state index is 0.0723. The lowest BCUT2D eigenvalue weighted by molar-refractivity contribution is -0.117.